The first-order valence-electron chi connectivity index (χ1n) is 12.2. The van der Waals surface area contributed by atoms with Crippen molar-refractivity contribution in [3.8, 4) is 11.3 Å². The summed E-state index contributed by atoms with van der Waals surface area (Å²) in [5.41, 5.74) is 9.57. The van der Waals surface area contributed by atoms with Crippen LogP contribution in [0.1, 0.15) is 42.5 Å². The number of aromatic amines is 1. The van der Waals surface area contributed by atoms with Crippen LogP contribution < -0.4 is 5.73 Å². The molecule has 3 N–H and O–H groups in total. The number of H-pyrrole nitrogens is 1. The number of likely N-dealkylation sites (N-methyl/N-ethyl adjacent to an activating group) is 1. The molecule has 192 valence electrons. The van der Waals surface area contributed by atoms with Crippen LogP contribution in [0, 0.1) is 5.82 Å². The number of ether oxygens (including phenoxy) is 2. The molecular formula is C27H30FN7O2. The molecular weight excluding hydrogens is 473 g/mol. The third kappa shape index (κ3) is 4.77. The van der Waals surface area contributed by atoms with E-state index in [1.54, 1.807) is 13.2 Å². The van der Waals surface area contributed by atoms with Crippen molar-refractivity contribution >= 4 is 23.2 Å². The fourth-order valence-electron chi connectivity index (χ4n) is 4.91. The molecule has 10 heteroatoms. The number of fused-ring (bicyclic) bond motifs is 1. The van der Waals surface area contributed by atoms with E-state index in [0.717, 1.165) is 35.1 Å². The fourth-order valence-corrected chi connectivity index (χ4v) is 4.91. The van der Waals surface area contributed by atoms with Gasteiger partial charge in [0.2, 0.25) is 5.95 Å². The summed E-state index contributed by atoms with van der Waals surface area (Å²) >= 11 is 0. The van der Waals surface area contributed by atoms with Gasteiger partial charge in [0.25, 0.3) is 0 Å². The molecule has 1 aliphatic rings. The van der Waals surface area contributed by atoms with E-state index in [-0.39, 0.29) is 24.5 Å². The van der Waals surface area contributed by atoms with Crippen molar-refractivity contribution in [3.05, 3.63) is 71.4 Å². The standard InChI is InChI=1S/C27H30FN7O2/c1-4-8-27(37-16-36-3,19-6-5-7-20(28)10-19)24-11-23(33-26(29)34-24)22-14-31-25-21(22)9-17(12-30-25)18-13-32-35(2)15-18/h5-7,9-14,18H,4,8,15-16H2,1-3H3,(H,30,31)(H2,29,33,34). The van der Waals surface area contributed by atoms with Crippen molar-refractivity contribution in [2.75, 3.05) is 33.2 Å². The zero-order chi connectivity index (χ0) is 26.0. The van der Waals surface area contributed by atoms with E-state index in [0.29, 0.717) is 23.4 Å². The highest BCUT2D eigenvalue weighted by atomic mass is 19.1. The van der Waals surface area contributed by atoms with Gasteiger partial charge in [-0.05, 0) is 41.8 Å². The lowest BCUT2D eigenvalue weighted by molar-refractivity contribution is -0.121. The van der Waals surface area contributed by atoms with Crippen LogP contribution >= 0.6 is 0 Å². The second-order valence-electron chi connectivity index (χ2n) is 9.21. The predicted octanol–water partition coefficient (Wildman–Crippen LogP) is 4.42. The van der Waals surface area contributed by atoms with Gasteiger partial charge in [-0.15, -0.1) is 0 Å². The summed E-state index contributed by atoms with van der Waals surface area (Å²) in [6.07, 6.45) is 6.94. The van der Waals surface area contributed by atoms with Crippen LogP contribution in [0.3, 0.4) is 0 Å². The van der Waals surface area contributed by atoms with Crippen LogP contribution in [0.2, 0.25) is 0 Å². The maximum Gasteiger partial charge on any atom is 0.220 e. The van der Waals surface area contributed by atoms with Crippen LogP contribution in [-0.4, -0.2) is 58.7 Å². The van der Waals surface area contributed by atoms with Gasteiger partial charge in [-0.1, -0.05) is 25.5 Å². The Labute approximate surface area is 214 Å². The molecule has 0 fully saturated rings. The quantitative estimate of drug-likeness (QED) is 0.325. The number of rotatable bonds is 9. The summed E-state index contributed by atoms with van der Waals surface area (Å²) in [5.74, 6) is -0.116. The van der Waals surface area contributed by atoms with E-state index in [4.69, 9.17) is 15.2 Å². The summed E-state index contributed by atoms with van der Waals surface area (Å²) in [6.45, 7) is 2.82. The number of anilines is 1. The Bertz CT molecular complexity index is 1440. The Morgan fingerprint density at radius 2 is 2.11 bits per heavy atom. The van der Waals surface area contributed by atoms with Gasteiger partial charge in [-0.3, -0.25) is 5.01 Å². The van der Waals surface area contributed by atoms with Crippen LogP contribution in [0.5, 0.6) is 0 Å². The fraction of sp³-hybridized carbons (Fsp3) is 0.333. The first-order chi connectivity index (χ1) is 17.9. The molecule has 5 rings (SSSR count). The third-order valence-corrected chi connectivity index (χ3v) is 6.63. The summed E-state index contributed by atoms with van der Waals surface area (Å²) in [7, 11) is 3.49. The number of pyridine rings is 1. The molecule has 0 amide bonds. The van der Waals surface area contributed by atoms with Crippen molar-refractivity contribution in [1.29, 1.82) is 0 Å². The molecule has 0 saturated heterocycles. The average Bonchev–Trinajstić information content (AvgIpc) is 3.52. The minimum Gasteiger partial charge on any atom is -0.368 e. The number of hydrazone groups is 1. The summed E-state index contributed by atoms with van der Waals surface area (Å²) in [6, 6.07) is 10.3. The largest absolute Gasteiger partial charge is 0.368 e. The van der Waals surface area contributed by atoms with E-state index in [1.165, 1.54) is 12.1 Å². The molecule has 1 aromatic carbocycles. The lowest BCUT2D eigenvalue weighted by Crippen LogP contribution is -2.34. The first kappa shape index (κ1) is 24.8. The highest BCUT2D eigenvalue weighted by Gasteiger charge is 2.38. The van der Waals surface area contributed by atoms with Gasteiger partial charge in [-0.25, -0.2) is 19.3 Å². The monoisotopic (exact) mass is 503 g/mol. The Balaban J connectivity index is 1.65. The van der Waals surface area contributed by atoms with Gasteiger partial charge in [0.05, 0.1) is 11.4 Å². The number of benzene rings is 1. The number of hydrogen-bond acceptors (Lipinski definition) is 8. The maximum atomic E-state index is 14.4. The van der Waals surface area contributed by atoms with Crippen LogP contribution in [0.25, 0.3) is 22.3 Å². The Hall–Kier alpha value is -3.89. The molecule has 1 aliphatic heterocycles. The van der Waals surface area contributed by atoms with Crippen molar-refractivity contribution in [1.82, 2.24) is 24.9 Å². The molecule has 2 unspecified atom stereocenters. The smallest absolute Gasteiger partial charge is 0.220 e. The third-order valence-electron chi connectivity index (χ3n) is 6.63. The summed E-state index contributed by atoms with van der Waals surface area (Å²) < 4.78 is 25.9. The zero-order valence-corrected chi connectivity index (χ0v) is 21.1. The van der Waals surface area contributed by atoms with Crippen molar-refractivity contribution < 1.29 is 13.9 Å². The zero-order valence-electron chi connectivity index (χ0n) is 21.1. The van der Waals surface area contributed by atoms with Crippen molar-refractivity contribution in [2.24, 2.45) is 5.10 Å². The minimum atomic E-state index is -1.08. The van der Waals surface area contributed by atoms with Gasteiger partial charge in [0, 0.05) is 56.2 Å². The molecule has 4 heterocycles. The van der Waals surface area contributed by atoms with Crippen molar-refractivity contribution in [3.63, 3.8) is 0 Å². The number of nitrogens with two attached hydrogens (primary N) is 1. The topological polar surface area (TPSA) is 115 Å². The molecule has 2 atom stereocenters. The van der Waals surface area contributed by atoms with E-state index >= 15 is 0 Å². The molecule has 0 radical (unpaired) electrons. The van der Waals surface area contributed by atoms with Crippen LogP contribution in [0.4, 0.5) is 10.3 Å². The van der Waals surface area contributed by atoms with Gasteiger partial charge in [-0.2, -0.15) is 5.10 Å². The number of nitrogens with one attached hydrogen (secondary N) is 1. The van der Waals surface area contributed by atoms with Crippen molar-refractivity contribution in [2.45, 2.75) is 31.3 Å². The molecule has 4 aromatic rings. The Kier molecular flexibility index (Phi) is 6.86. The second kappa shape index (κ2) is 10.2. The van der Waals surface area contributed by atoms with Crippen LogP contribution in [0.15, 0.2) is 53.9 Å². The van der Waals surface area contributed by atoms with Crippen LogP contribution in [-0.2, 0) is 15.1 Å². The van der Waals surface area contributed by atoms with Gasteiger partial charge < -0.3 is 20.2 Å². The Morgan fingerprint density at radius 3 is 2.84 bits per heavy atom. The molecule has 3 aromatic heterocycles. The maximum absolute atomic E-state index is 14.4. The first-order valence-corrected chi connectivity index (χ1v) is 12.2. The minimum absolute atomic E-state index is 0.00644. The number of nitrogen functional groups attached to an aromatic ring is 1. The lowest BCUT2D eigenvalue weighted by Gasteiger charge is -2.34. The van der Waals surface area contributed by atoms with Gasteiger partial charge >= 0.3 is 0 Å². The molecule has 9 nitrogen and oxygen atoms in total. The molecule has 0 spiro atoms. The van der Waals surface area contributed by atoms with E-state index < -0.39 is 5.60 Å². The number of aromatic nitrogens is 4. The second-order valence-corrected chi connectivity index (χ2v) is 9.21. The predicted molar refractivity (Wildman–Crippen MR) is 140 cm³/mol. The molecule has 37 heavy (non-hydrogen) atoms. The number of nitrogens with zero attached hydrogens (tertiary/aromatic N) is 5. The molecule has 0 saturated carbocycles. The highest BCUT2D eigenvalue weighted by molar-refractivity contribution is 5.93. The Morgan fingerprint density at radius 1 is 1.24 bits per heavy atom. The van der Waals surface area contributed by atoms with Gasteiger partial charge in [0.1, 0.15) is 23.9 Å². The molecule has 0 aliphatic carbocycles. The number of methoxy groups -OCH3 is 1. The van der Waals surface area contributed by atoms with E-state index in [2.05, 4.69) is 31.1 Å². The normalized spacial score (nSPS) is 17.0. The highest BCUT2D eigenvalue weighted by Crippen LogP contribution is 2.40. The molecule has 0 bridgehead atoms. The number of hydrogen-bond donors (Lipinski definition) is 2. The van der Waals surface area contributed by atoms with Gasteiger partial charge in [0.15, 0.2) is 0 Å². The summed E-state index contributed by atoms with van der Waals surface area (Å²) in [4.78, 5) is 17.0. The SMILES string of the molecule is CCCC(OCOC)(c1cccc(F)c1)c1cc(-c2c[nH]c3ncc(C4C=NN(C)C4)cc23)nc(N)n1. The average molecular weight is 504 g/mol. The summed E-state index contributed by atoms with van der Waals surface area (Å²) in [5, 5.41) is 7.17. The number of halogens is 1. The van der Waals surface area contributed by atoms with E-state index in [1.807, 2.05) is 49.7 Å². The van der Waals surface area contributed by atoms with E-state index in [9.17, 15) is 4.39 Å². The lowest BCUT2D eigenvalue weighted by atomic mass is 9.85.